The van der Waals surface area contributed by atoms with Crippen LogP contribution in [0.2, 0.25) is 0 Å². The Kier molecular flexibility index (Phi) is 7.23. The van der Waals surface area contributed by atoms with Gasteiger partial charge in [0.05, 0.1) is 10.9 Å². The first-order chi connectivity index (χ1) is 14.8. The van der Waals surface area contributed by atoms with Gasteiger partial charge in [-0.25, -0.2) is 4.98 Å². The Morgan fingerprint density at radius 2 is 1.71 bits per heavy atom. The Bertz CT molecular complexity index is 1100. The molecule has 31 heavy (non-hydrogen) atoms. The quantitative estimate of drug-likeness (QED) is 0.556. The Morgan fingerprint density at radius 3 is 2.32 bits per heavy atom. The predicted molar refractivity (Wildman–Crippen MR) is 124 cm³/mol. The zero-order chi connectivity index (χ0) is 22.5. The highest BCUT2D eigenvalue weighted by Gasteiger charge is 2.22. The van der Waals surface area contributed by atoms with Gasteiger partial charge in [0.15, 0.2) is 5.82 Å². The molecule has 1 heterocycles. The van der Waals surface area contributed by atoms with E-state index in [1.54, 1.807) is 12.1 Å². The van der Waals surface area contributed by atoms with Gasteiger partial charge >= 0.3 is 0 Å². The molecule has 6 nitrogen and oxygen atoms in total. The van der Waals surface area contributed by atoms with Crippen LogP contribution < -0.4 is 16.6 Å². The molecule has 0 spiro atoms. The van der Waals surface area contributed by atoms with Gasteiger partial charge in [0.1, 0.15) is 19.1 Å². The summed E-state index contributed by atoms with van der Waals surface area (Å²) in [4.78, 5) is 29.3. The molecule has 0 aliphatic heterocycles. The molecular weight excluding hydrogens is 388 g/mol. The third-order valence-corrected chi connectivity index (χ3v) is 6.03. The second-order valence-electron chi connectivity index (χ2n) is 8.59. The van der Waals surface area contributed by atoms with E-state index >= 15 is 0 Å². The lowest BCUT2D eigenvalue weighted by Gasteiger charge is -2.21. The number of nitrogens with zero attached hydrogens (tertiary/aromatic N) is 2. The normalized spacial score (nSPS) is 13.5. The number of fused-ring (bicyclic) bond motifs is 1. The molecular formula is C25H33N4O2+. The molecule has 2 aromatic carbocycles. The molecule has 0 fully saturated rings. The Hall–Kier alpha value is -2.99. The zero-order valence-electron chi connectivity index (χ0n) is 18.8. The smallest absolute Gasteiger partial charge is 0.262 e. The van der Waals surface area contributed by atoms with Crippen LogP contribution in [0.4, 0.5) is 0 Å². The number of aromatic nitrogens is 2. The molecule has 6 heteroatoms. The van der Waals surface area contributed by atoms with Gasteiger partial charge in [-0.2, -0.15) is 0 Å². The molecule has 0 unspecified atom stereocenters. The molecule has 0 bridgehead atoms. The van der Waals surface area contributed by atoms with Crippen molar-refractivity contribution in [3.05, 3.63) is 75.8 Å². The average Bonchev–Trinajstić information content (AvgIpc) is 2.75. The lowest BCUT2D eigenvalue weighted by molar-refractivity contribution is -0.718. The first kappa shape index (κ1) is 22.7. The minimum atomic E-state index is -0.554. The summed E-state index contributed by atoms with van der Waals surface area (Å²) >= 11 is 0. The van der Waals surface area contributed by atoms with Crippen molar-refractivity contribution < 1.29 is 10.1 Å². The monoisotopic (exact) mass is 421 g/mol. The van der Waals surface area contributed by atoms with Crippen molar-refractivity contribution in [3.8, 4) is 0 Å². The second-order valence-corrected chi connectivity index (χ2v) is 8.59. The molecule has 3 aromatic rings. The van der Waals surface area contributed by atoms with E-state index in [2.05, 4.69) is 62.3 Å². The SMILES string of the molecule is CC[C@@H](C)c1ccc([C@@H]([NH2+]Cc2nc3ccccc3c(=O)n2CC(N)=O)C(C)C)cc1. The number of primary amides is 1. The van der Waals surface area contributed by atoms with Crippen LogP contribution in [0.1, 0.15) is 63.0 Å². The Morgan fingerprint density at radius 1 is 1.06 bits per heavy atom. The number of amides is 1. The van der Waals surface area contributed by atoms with Gasteiger partial charge in [-0.05, 0) is 30.0 Å². The highest BCUT2D eigenvalue weighted by molar-refractivity contribution is 5.78. The van der Waals surface area contributed by atoms with Gasteiger partial charge in [-0.15, -0.1) is 0 Å². The van der Waals surface area contributed by atoms with E-state index in [1.165, 1.54) is 15.7 Å². The number of rotatable bonds is 9. The zero-order valence-corrected chi connectivity index (χ0v) is 18.8. The lowest BCUT2D eigenvalue weighted by atomic mass is 9.92. The first-order valence-corrected chi connectivity index (χ1v) is 11.0. The van der Waals surface area contributed by atoms with E-state index in [0.717, 1.165) is 6.42 Å². The first-order valence-electron chi connectivity index (χ1n) is 11.0. The fourth-order valence-electron chi connectivity index (χ4n) is 4.00. The number of quaternary nitrogens is 1. The lowest BCUT2D eigenvalue weighted by Crippen LogP contribution is -2.85. The van der Waals surface area contributed by atoms with Crippen LogP contribution in [0.25, 0.3) is 10.9 Å². The van der Waals surface area contributed by atoms with Crippen LogP contribution >= 0.6 is 0 Å². The number of para-hydroxylation sites is 1. The Labute approximate surface area is 183 Å². The molecule has 1 amide bonds. The summed E-state index contributed by atoms with van der Waals surface area (Å²) in [7, 11) is 0. The summed E-state index contributed by atoms with van der Waals surface area (Å²) in [6, 6.07) is 16.2. The van der Waals surface area contributed by atoms with E-state index in [1.807, 2.05) is 12.1 Å². The van der Waals surface area contributed by atoms with Crippen LogP contribution in [-0.2, 0) is 17.9 Å². The van der Waals surface area contributed by atoms with E-state index in [9.17, 15) is 9.59 Å². The number of carbonyl (C=O) groups excluding carboxylic acids is 1. The number of benzene rings is 2. The molecule has 1 aromatic heterocycles. The molecule has 0 saturated heterocycles. The van der Waals surface area contributed by atoms with Crippen LogP contribution in [0.5, 0.6) is 0 Å². The summed E-state index contributed by atoms with van der Waals surface area (Å²) in [5.74, 6) is 0.928. The standard InChI is InChI=1S/C25H32N4O2/c1-5-17(4)18-10-12-19(13-11-18)24(16(2)3)27-14-23-28-21-9-7-6-8-20(21)25(31)29(23)15-22(26)30/h6-13,16-17,24,27H,5,14-15H2,1-4H3,(H2,26,30)/p+1/t17-,24+/m1/s1. The Balaban J connectivity index is 1.91. The van der Waals surface area contributed by atoms with Crippen molar-refractivity contribution in [2.45, 2.75) is 59.2 Å². The van der Waals surface area contributed by atoms with Gasteiger partial charge < -0.3 is 11.1 Å². The van der Waals surface area contributed by atoms with Gasteiger partial charge in [-0.1, -0.05) is 64.1 Å². The average molecular weight is 422 g/mol. The third kappa shape index (κ3) is 5.20. The number of hydrogen-bond acceptors (Lipinski definition) is 3. The number of nitrogens with two attached hydrogens (primary N) is 2. The van der Waals surface area contributed by atoms with Crippen LogP contribution in [-0.4, -0.2) is 15.5 Å². The van der Waals surface area contributed by atoms with Gasteiger partial charge in [0.2, 0.25) is 5.91 Å². The van der Waals surface area contributed by atoms with Crippen molar-refractivity contribution >= 4 is 16.8 Å². The fraction of sp³-hybridized carbons (Fsp3) is 0.400. The molecule has 3 rings (SSSR count). The topological polar surface area (TPSA) is 94.6 Å². The van der Waals surface area contributed by atoms with Crippen LogP contribution in [0, 0.1) is 5.92 Å². The maximum atomic E-state index is 13.0. The van der Waals surface area contributed by atoms with Crippen LogP contribution in [0.3, 0.4) is 0 Å². The van der Waals surface area contributed by atoms with Gasteiger partial charge in [-0.3, -0.25) is 14.2 Å². The van der Waals surface area contributed by atoms with Gasteiger partial charge in [0, 0.05) is 11.5 Å². The highest BCUT2D eigenvalue weighted by Crippen LogP contribution is 2.23. The fourth-order valence-corrected chi connectivity index (χ4v) is 4.00. The maximum Gasteiger partial charge on any atom is 0.262 e. The summed E-state index contributed by atoms with van der Waals surface area (Å²) in [6.45, 7) is 9.12. The minimum Gasteiger partial charge on any atom is -0.368 e. The molecule has 0 aliphatic carbocycles. The molecule has 4 N–H and O–H groups in total. The van der Waals surface area contributed by atoms with Crippen molar-refractivity contribution in [1.29, 1.82) is 0 Å². The van der Waals surface area contributed by atoms with E-state index in [4.69, 9.17) is 5.73 Å². The third-order valence-electron chi connectivity index (χ3n) is 6.03. The van der Waals surface area contributed by atoms with E-state index < -0.39 is 5.91 Å². The molecule has 0 aliphatic rings. The summed E-state index contributed by atoms with van der Waals surface area (Å²) in [5.41, 5.74) is 8.41. The molecule has 0 radical (unpaired) electrons. The molecule has 2 atom stereocenters. The second kappa shape index (κ2) is 9.88. The molecule has 164 valence electrons. The number of carbonyl (C=O) groups is 1. The molecule has 0 saturated carbocycles. The van der Waals surface area contributed by atoms with Crippen molar-refractivity contribution in [3.63, 3.8) is 0 Å². The summed E-state index contributed by atoms with van der Waals surface area (Å²) in [5, 5.41) is 2.69. The predicted octanol–water partition coefficient (Wildman–Crippen LogP) is 2.86. The van der Waals surface area contributed by atoms with Crippen molar-refractivity contribution in [2.24, 2.45) is 11.7 Å². The van der Waals surface area contributed by atoms with Gasteiger partial charge in [0.25, 0.3) is 5.56 Å². The minimum absolute atomic E-state index is 0.171. The van der Waals surface area contributed by atoms with E-state index in [-0.39, 0.29) is 18.1 Å². The largest absolute Gasteiger partial charge is 0.368 e. The summed E-state index contributed by atoms with van der Waals surface area (Å²) in [6.07, 6.45) is 1.12. The maximum absolute atomic E-state index is 13.0. The van der Waals surface area contributed by atoms with Crippen molar-refractivity contribution in [1.82, 2.24) is 9.55 Å². The van der Waals surface area contributed by atoms with E-state index in [0.29, 0.717) is 35.1 Å². The van der Waals surface area contributed by atoms with Crippen molar-refractivity contribution in [2.75, 3.05) is 0 Å². The number of hydrogen-bond donors (Lipinski definition) is 2. The highest BCUT2D eigenvalue weighted by atomic mass is 16.2. The summed E-state index contributed by atoms with van der Waals surface area (Å²) < 4.78 is 1.41. The van der Waals surface area contributed by atoms with Crippen LogP contribution in [0.15, 0.2) is 53.3 Å².